The van der Waals surface area contributed by atoms with E-state index in [1.165, 1.54) is 0 Å². The highest BCUT2D eigenvalue weighted by molar-refractivity contribution is 8.76. The van der Waals surface area contributed by atoms with Crippen LogP contribution in [-0.4, -0.2) is 23.2 Å². The molecule has 0 aliphatic rings. The Kier molecular flexibility index (Phi) is 7.93. The van der Waals surface area contributed by atoms with Crippen LogP contribution in [0.2, 0.25) is 0 Å². The van der Waals surface area contributed by atoms with Gasteiger partial charge >= 0.3 is 0 Å². The Hall–Kier alpha value is -0.160. The summed E-state index contributed by atoms with van der Waals surface area (Å²) >= 11 is 0. The van der Waals surface area contributed by atoms with Crippen LogP contribution in [0.1, 0.15) is 40.0 Å². The molecule has 0 bridgehead atoms. The van der Waals surface area contributed by atoms with Crippen molar-refractivity contribution in [1.29, 1.82) is 0 Å². The quantitative estimate of drug-likeness (QED) is 0.513. The third-order valence-corrected chi connectivity index (χ3v) is 4.81. The summed E-state index contributed by atoms with van der Waals surface area (Å²) in [5.41, 5.74) is 4.86. The average molecular weight is 263 g/mol. The maximum Gasteiger partial charge on any atom is 0.223 e. The third-order valence-electron chi connectivity index (χ3n) is 2.32. The number of nitrogens with two attached hydrogens (primary N) is 1. The molecule has 1 amide bonds. The molecule has 0 atom stereocenters. The lowest BCUT2D eigenvalue weighted by molar-refractivity contribution is -0.126. The zero-order valence-corrected chi connectivity index (χ0v) is 11.9. The molecule has 2 N–H and O–H groups in total. The Balaban J connectivity index is 3.40. The zero-order valence-electron chi connectivity index (χ0n) is 10.2. The van der Waals surface area contributed by atoms with Crippen LogP contribution in [0.15, 0.2) is 0 Å². The SMILES string of the molecule is CC(=O)CCCSSCCC(C)(C)C(N)=O. The van der Waals surface area contributed by atoms with Crippen LogP contribution in [0.25, 0.3) is 0 Å². The fraction of sp³-hybridized carbons (Fsp3) is 0.818. The first-order valence-electron chi connectivity index (χ1n) is 5.40. The molecule has 0 fully saturated rings. The molecule has 0 spiro atoms. The molecule has 5 heteroatoms. The predicted molar refractivity (Wildman–Crippen MR) is 72.4 cm³/mol. The fourth-order valence-corrected chi connectivity index (χ4v) is 3.32. The maximum absolute atomic E-state index is 11.0. The van der Waals surface area contributed by atoms with Crippen LogP contribution in [0, 0.1) is 5.41 Å². The van der Waals surface area contributed by atoms with Crippen LogP contribution in [0.3, 0.4) is 0 Å². The maximum atomic E-state index is 11.0. The lowest BCUT2D eigenvalue weighted by Crippen LogP contribution is -2.31. The topological polar surface area (TPSA) is 60.2 Å². The Labute approximate surface area is 106 Å². The molecule has 0 aliphatic carbocycles. The van der Waals surface area contributed by atoms with E-state index in [1.54, 1.807) is 28.5 Å². The first kappa shape index (κ1) is 15.8. The van der Waals surface area contributed by atoms with Gasteiger partial charge in [-0.05, 0) is 19.8 Å². The van der Waals surface area contributed by atoms with Crippen LogP contribution in [0.5, 0.6) is 0 Å². The third kappa shape index (κ3) is 8.05. The molecule has 0 rings (SSSR count). The summed E-state index contributed by atoms with van der Waals surface area (Å²) in [7, 11) is 3.51. The Bertz CT molecular complexity index is 242. The van der Waals surface area contributed by atoms with Crippen molar-refractivity contribution in [3.8, 4) is 0 Å². The molecule has 0 aromatic heterocycles. The highest BCUT2D eigenvalue weighted by atomic mass is 33.1. The van der Waals surface area contributed by atoms with E-state index in [2.05, 4.69) is 0 Å². The van der Waals surface area contributed by atoms with Crippen molar-refractivity contribution in [2.75, 3.05) is 11.5 Å². The van der Waals surface area contributed by atoms with Crippen LogP contribution >= 0.6 is 21.6 Å². The zero-order chi connectivity index (χ0) is 12.6. The number of ketones is 1. The van der Waals surface area contributed by atoms with E-state index in [4.69, 9.17) is 5.73 Å². The van der Waals surface area contributed by atoms with Crippen molar-refractivity contribution >= 4 is 33.3 Å². The normalized spacial score (nSPS) is 11.4. The number of amides is 1. The lowest BCUT2D eigenvalue weighted by Gasteiger charge is -2.19. The van der Waals surface area contributed by atoms with Crippen molar-refractivity contribution in [3.63, 3.8) is 0 Å². The summed E-state index contributed by atoms with van der Waals surface area (Å²) < 4.78 is 0. The number of carbonyl (C=O) groups is 2. The summed E-state index contributed by atoms with van der Waals surface area (Å²) in [5.74, 6) is 1.91. The molecule has 0 aromatic rings. The van der Waals surface area contributed by atoms with E-state index in [9.17, 15) is 9.59 Å². The van der Waals surface area contributed by atoms with Gasteiger partial charge in [-0.25, -0.2) is 0 Å². The number of primary amides is 1. The van der Waals surface area contributed by atoms with E-state index < -0.39 is 5.41 Å². The number of Topliss-reactive ketones (excluding diaryl/α,β-unsaturated/α-hetero) is 1. The molecule has 3 nitrogen and oxygen atoms in total. The van der Waals surface area contributed by atoms with Gasteiger partial charge in [0, 0.05) is 23.3 Å². The van der Waals surface area contributed by atoms with Crippen LogP contribution in [-0.2, 0) is 9.59 Å². The summed E-state index contributed by atoms with van der Waals surface area (Å²) in [6, 6.07) is 0. The van der Waals surface area contributed by atoms with Gasteiger partial charge in [0.25, 0.3) is 0 Å². The molecule has 0 unspecified atom stereocenters. The Morgan fingerprint density at radius 3 is 2.25 bits per heavy atom. The smallest absolute Gasteiger partial charge is 0.223 e. The van der Waals surface area contributed by atoms with Gasteiger partial charge in [0.1, 0.15) is 5.78 Å². The summed E-state index contributed by atoms with van der Waals surface area (Å²) in [6.07, 6.45) is 2.40. The van der Waals surface area contributed by atoms with E-state index in [-0.39, 0.29) is 11.7 Å². The number of hydrogen-bond donors (Lipinski definition) is 1. The first-order chi connectivity index (χ1) is 7.36. The second-order valence-corrected chi connectivity index (χ2v) is 7.15. The standard InChI is InChI=1S/C11H21NO2S2/c1-9(13)5-4-7-15-16-8-6-11(2,3)10(12)14/h4-8H2,1-3H3,(H2,12,14). The van der Waals surface area contributed by atoms with Gasteiger partial charge in [0.15, 0.2) is 0 Å². The minimum atomic E-state index is -0.410. The van der Waals surface area contributed by atoms with Crippen molar-refractivity contribution < 1.29 is 9.59 Å². The van der Waals surface area contributed by atoms with E-state index in [1.807, 2.05) is 13.8 Å². The molecule has 0 heterocycles. The van der Waals surface area contributed by atoms with Gasteiger partial charge in [-0.2, -0.15) is 0 Å². The highest BCUT2D eigenvalue weighted by Gasteiger charge is 2.23. The van der Waals surface area contributed by atoms with Gasteiger partial charge in [0.2, 0.25) is 5.91 Å². The Morgan fingerprint density at radius 2 is 1.75 bits per heavy atom. The molecule has 0 aromatic carbocycles. The minimum absolute atomic E-state index is 0.241. The van der Waals surface area contributed by atoms with Crippen LogP contribution in [0.4, 0.5) is 0 Å². The molecular formula is C11H21NO2S2. The lowest BCUT2D eigenvalue weighted by atomic mass is 9.90. The van der Waals surface area contributed by atoms with E-state index in [0.717, 1.165) is 24.3 Å². The molecule has 0 saturated heterocycles. The molecule has 0 saturated carbocycles. The van der Waals surface area contributed by atoms with Gasteiger partial charge in [-0.1, -0.05) is 35.4 Å². The van der Waals surface area contributed by atoms with Crippen molar-refractivity contribution in [2.45, 2.75) is 40.0 Å². The van der Waals surface area contributed by atoms with E-state index >= 15 is 0 Å². The molecular weight excluding hydrogens is 242 g/mol. The fourth-order valence-electron chi connectivity index (χ4n) is 0.918. The van der Waals surface area contributed by atoms with Crippen LogP contribution < -0.4 is 5.73 Å². The largest absolute Gasteiger partial charge is 0.369 e. The average Bonchev–Trinajstić information content (AvgIpc) is 2.15. The number of carbonyl (C=O) groups excluding carboxylic acids is 2. The molecule has 0 aliphatic heterocycles. The summed E-state index contributed by atoms with van der Waals surface area (Å²) in [4.78, 5) is 21.7. The number of hydrogen-bond acceptors (Lipinski definition) is 4. The van der Waals surface area contributed by atoms with E-state index in [0.29, 0.717) is 6.42 Å². The highest BCUT2D eigenvalue weighted by Crippen LogP contribution is 2.28. The predicted octanol–water partition coefficient (Wildman–Crippen LogP) is 2.64. The van der Waals surface area contributed by atoms with Gasteiger partial charge in [0.05, 0.1) is 0 Å². The second-order valence-electron chi connectivity index (χ2n) is 4.45. The first-order valence-corrected chi connectivity index (χ1v) is 7.89. The van der Waals surface area contributed by atoms with Gasteiger partial charge < -0.3 is 10.5 Å². The second kappa shape index (κ2) is 8.01. The van der Waals surface area contributed by atoms with Gasteiger partial charge in [-0.15, -0.1) is 0 Å². The summed E-state index contributed by atoms with van der Waals surface area (Å²) in [6.45, 7) is 5.36. The molecule has 0 radical (unpaired) electrons. The molecule has 94 valence electrons. The van der Waals surface area contributed by atoms with Gasteiger partial charge in [-0.3, -0.25) is 4.79 Å². The monoisotopic (exact) mass is 263 g/mol. The number of rotatable bonds is 9. The molecule has 16 heavy (non-hydrogen) atoms. The van der Waals surface area contributed by atoms with Crippen molar-refractivity contribution in [3.05, 3.63) is 0 Å². The van der Waals surface area contributed by atoms with Crippen molar-refractivity contribution in [1.82, 2.24) is 0 Å². The summed E-state index contributed by atoms with van der Waals surface area (Å²) in [5, 5.41) is 0. The van der Waals surface area contributed by atoms with Crippen molar-refractivity contribution in [2.24, 2.45) is 11.1 Å². The Morgan fingerprint density at radius 1 is 1.19 bits per heavy atom. The minimum Gasteiger partial charge on any atom is -0.369 e.